The Morgan fingerprint density at radius 3 is 2.67 bits per heavy atom. The van der Waals surface area contributed by atoms with Gasteiger partial charge in [-0.1, -0.05) is 12.5 Å². The van der Waals surface area contributed by atoms with Crippen LogP contribution in [0.3, 0.4) is 0 Å². The summed E-state index contributed by atoms with van der Waals surface area (Å²) >= 11 is 0. The maximum Gasteiger partial charge on any atom is 0.309 e. The zero-order valence-electron chi connectivity index (χ0n) is 7.67. The zero-order valence-corrected chi connectivity index (χ0v) is 7.67. The van der Waals surface area contributed by atoms with Crippen LogP contribution in [0, 0.1) is 5.92 Å². The van der Waals surface area contributed by atoms with Crippen LogP contribution >= 0.6 is 0 Å². The molecule has 3 heteroatoms. The number of rotatable bonds is 5. The Labute approximate surface area is 73.0 Å². The lowest BCUT2D eigenvalue weighted by molar-refractivity contribution is -0.148. The van der Waals surface area contributed by atoms with Crippen LogP contribution in [0.15, 0.2) is 12.2 Å². The summed E-state index contributed by atoms with van der Waals surface area (Å²) in [6, 6.07) is 0. The summed E-state index contributed by atoms with van der Waals surface area (Å²) in [6.45, 7) is 7.32. The van der Waals surface area contributed by atoms with Crippen LogP contribution in [0.4, 0.5) is 0 Å². The number of aliphatic hydroxyl groups excluding tert-OH is 1. The lowest BCUT2D eigenvalue weighted by Crippen LogP contribution is -2.16. The van der Waals surface area contributed by atoms with Gasteiger partial charge in [0.2, 0.25) is 0 Å². The van der Waals surface area contributed by atoms with E-state index in [2.05, 4.69) is 6.58 Å². The number of hydrogen-bond donors (Lipinski definition) is 1. The SMILES string of the molecule is C=C(C)CC(C)C(=O)OCCO. The molecule has 0 bridgehead atoms. The third kappa shape index (κ3) is 4.91. The zero-order chi connectivity index (χ0) is 9.56. The van der Waals surface area contributed by atoms with Crippen LogP contribution in [0.1, 0.15) is 20.3 Å². The predicted molar refractivity (Wildman–Crippen MR) is 46.6 cm³/mol. The molecule has 0 aromatic heterocycles. The van der Waals surface area contributed by atoms with Crippen molar-refractivity contribution in [2.24, 2.45) is 5.92 Å². The number of hydrogen-bond acceptors (Lipinski definition) is 3. The van der Waals surface area contributed by atoms with Gasteiger partial charge in [-0.3, -0.25) is 4.79 Å². The van der Waals surface area contributed by atoms with Crippen LogP contribution in [0.25, 0.3) is 0 Å². The number of ether oxygens (including phenoxy) is 1. The highest BCUT2D eigenvalue weighted by molar-refractivity contribution is 5.72. The van der Waals surface area contributed by atoms with Gasteiger partial charge in [-0.25, -0.2) is 0 Å². The Balaban J connectivity index is 3.69. The first-order valence-electron chi connectivity index (χ1n) is 3.99. The average molecular weight is 172 g/mol. The van der Waals surface area contributed by atoms with Gasteiger partial charge >= 0.3 is 5.97 Å². The molecule has 0 heterocycles. The van der Waals surface area contributed by atoms with Crippen molar-refractivity contribution in [3.05, 3.63) is 12.2 Å². The molecule has 0 rings (SSSR count). The Bertz CT molecular complexity index is 163. The number of carbonyl (C=O) groups is 1. The summed E-state index contributed by atoms with van der Waals surface area (Å²) in [7, 11) is 0. The van der Waals surface area contributed by atoms with Gasteiger partial charge in [0.05, 0.1) is 12.5 Å². The Morgan fingerprint density at radius 2 is 2.25 bits per heavy atom. The van der Waals surface area contributed by atoms with Gasteiger partial charge in [-0.05, 0) is 13.3 Å². The highest BCUT2D eigenvalue weighted by Gasteiger charge is 2.13. The molecule has 0 saturated heterocycles. The molecule has 0 spiro atoms. The van der Waals surface area contributed by atoms with Crippen LogP contribution in [0.2, 0.25) is 0 Å². The van der Waals surface area contributed by atoms with E-state index < -0.39 is 0 Å². The van der Waals surface area contributed by atoms with Gasteiger partial charge in [-0.15, -0.1) is 6.58 Å². The summed E-state index contributed by atoms with van der Waals surface area (Å²) in [4.78, 5) is 11.1. The van der Waals surface area contributed by atoms with Crippen molar-refractivity contribution in [3.8, 4) is 0 Å². The lowest BCUT2D eigenvalue weighted by atomic mass is 10.0. The van der Waals surface area contributed by atoms with Gasteiger partial charge in [0.1, 0.15) is 6.61 Å². The van der Waals surface area contributed by atoms with Crippen LogP contribution in [0.5, 0.6) is 0 Å². The molecule has 0 aliphatic carbocycles. The van der Waals surface area contributed by atoms with E-state index in [1.807, 2.05) is 6.92 Å². The molecule has 70 valence electrons. The maximum absolute atomic E-state index is 11.1. The van der Waals surface area contributed by atoms with Gasteiger partial charge in [0, 0.05) is 0 Å². The number of aliphatic hydroxyl groups is 1. The van der Waals surface area contributed by atoms with Crippen molar-refractivity contribution in [3.63, 3.8) is 0 Å². The molecule has 0 aromatic carbocycles. The van der Waals surface area contributed by atoms with Crippen LogP contribution in [-0.2, 0) is 9.53 Å². The summed E-state index contributed by atoms with van der Waals surface area (Å²) in [5.41, 5.74) is 0.962. The molecular formula is C9H16O3. The first kappa shape index (κ1) is 11.2. The van der Waals surface area contributed by atoms with E-state index in [1.165, 1.54) is 0 Å². The summed E-state index contributed by atoms with van der Waals surface area (Å²) < 4.78 is 4.72. The van der Waals surface area contributed by atoms with E-state index in [4.69, 9.17) is 9.84 Å². The minimum absolute atomic E-state index is 0.0827. The summed E-state index contributed by atoms with van der Waals surface area (Å²) in [6.07, 6.45) is 0.643. The molecule has 1 N–H and O–H groups in total. The van der Waals surface area contributed by atoms with Crippen molar-refractivity contribution in [2.75, 3.05) is 13.2 Å². The van der Waals surface area contributed by atoms with Crippen molar-refractivity contribution in [1.82, 2.24) is 0 Å². The van der Waals surface area contributed by atoms with Crippen molar-refractivity contribution >= 4 is 5.97 Å². The third-order valence-corrected chi connectivity index (χ3v) is 1.39. The smallest absolute Gasteiger partial charge is 0.309 e. The number of esters is 1. The minimum Gasteiger partial charge on any atom is -0.463 e. The maximum atomic E-state index is 11.1. The first-order chi connectivity index (χ1) is 5.57. The van der Waals surface area contributed by atoms with E-state index in [-0.39, 0.29) is 25.1 Å². The Morgan fingerprint density at radius 1 is 1.67 bits per heavy atom. The van der Waals surface area contributed by atoms with Crippen molar-refractivity contribution in [1.29, 1.82) is 0 Å². The fourth-order valence-electron chi connectivity index (χ4n) is 0.895. The van der Waals surface area contributed by atoms with E-state index in [1.54, 1.807) is 6.92 Å². The predicted octanol–water partition coefficient (Wildman–Crippen LogP) is 1.12. The molecule has 1 unspecified atom stereocenters. The molecule has 0 aliphatic heterocycles. The second-order valence-corrected chi connectivity index (χ2v) is 2.95. The molecule has 0 aromatic rings. The van der Waals surface area contributed by atoms with E-state index in [0.29, 0.717) is 6.42 Å². The lowest BCUT2D eigenvalue weighted by Gasteiger charge is -2.09. The normalized spacial score (nSPS) is 12.2. The molecular weight excluding hydrogens is 156 g/mol. The van der Waals surface area contributed by atoms with Crippen molar-refractivity contribution < 1.29 is 14.6 Å². The van der Waals surface area contributed by atoms with Gasteiger partial charge in [-0.2, -0.15) is 0 Å². The van der Waals surface area contributed by atoms with E-state index in [0.717, 1.165) is 5.57 Å². The fourth-order valence-corrected chi connectivity index (χ4v) is 0.895. The van der Waals surface area contributed by atoms with E-state index >= 15 is 0 Å². The number of allylic oxidation sites excluding steroid dienone is 1. The molecule has 1 atom stereocenters. The monoisotopic (exact) mass is 172 g/mol. The highest BCUT2D eigenvalue weighted by Crippen LogP contribution is 2.10. The quantitative estimate of drug-likeness (QED) is 0.499. The van der Waals surface area contributed by atoms with Gasteiger partial charge < -0.3 is 9.84 Å². The molecule has 0 saturated carbocycles. The standard InChI is InChI=1S/C9H16O3/c1-7(2)6-8(3)9(11)12-5-4-10/h8,10H,1,4-6H2,2-3H3. The Hall–Kier alpha value is -0.830. The highest BCUT2D eigenvalue weighted by atomic mass is 16.5. The molecule has 0 amide bonds. The molecule has 0 radical (unpaired) electrons. The Kier molecular flexibility index (Phi) is 5.37. The minimum atomic E-state index is -0.271. The summed E-state index contributed by atoms with van der Waals surface area (Å²) in [5, 5.41) is 8.38. The topological polar surface area (TPSA) is 46.5 Å². The van der Waals surface area contributed by atoms with Crippen LogP contribution in [-0.4, -0.2) is 24.3 Å². The second kappa shape index (κ2) is 5.77. The largest absolute Gasteiger partial charge is 0.463 e. The molecule has 12 heavy (non-hydrogen) atoms. The van der Waals surface area contributed by atoms with Gasteiger partial charge in [0.15, 0.2) is 0 Å². The van der Waals surface area contributed by atoms with Gasteiger partial charge in [0.25, 0.3) is 0 Å². The van der Waals surface area contributed by atoms with E-state index in [9.17, 15) is 4.79 Å². The number of carbonyl (C=O) groups excluding carboxylic acids is 1. The molecule has 0 aliphatic rings. The average Bonchev–Trinajstić information content (AvgIpc) is 1.98. The molecule has 3 nitrogen and oxygen atoms in total. The van der Waals surface area contributed by atoms with Crippen molar-refractivity contribution in [2.45, 2.75) is 20.3 Å². The second-order valence-electron chi connectivity index (χ2n) is 2.95. The third-order valence-electron chi connectivity index (χ3n) is 1.39. The summed E-state index contributed by atoms with van der Waals surface area (Å²) in [5.74, 6) is -0.430. The first-order valence-corrected chi connectivity index (χ1v) is 3.99. The molecule has 0 fully saturated rings. The fraction of sp³-hybridized carbons (Fsp3) is 0.667. The van der Waals surface area contributed by atoms with Crippen LogP contribution < -0.4 is 0 Å².